The van der Waals surface area contributed by atoms with E-state index in [2.05, 4.69) is 158 Å². The molecule has 0 aliphatic heterocycles. The van der Waals surface area contributed by atoms with Crippen molar-refractivity contribution in [2.45, 2.75) is 0 Å². The van der Waals surface area contributed by atoms with E-state index >= 15 is 0 Å². The van der Waals surface area contributed by atoms with Crippen LogP contribution in [0.1, 0.15) is 5.56 Å². The maximum Gasteiger partial charge on any atom is 0.164 e. The number of thiophene rings is 1. The average Bonchev–Trinajstić information content (AvgIpc) is 3.71. The third-order valence-corrected chi connectivity index (χ3v) is 13.6. The summed E-state index contributed by atoms with van der Waals surface area (Å²) >= 11 is 1.79. The Kier molecular flexibility index (Phi) is 7.21. The summed E-state index contributed by atoms with van der Waals surface area (Å²) in [5, 5.41) is 26.5. The van der Waals surface area contributed by atoms with E-state index in [1.165, 1.54) is 68.6 Å². The molecule has 0 saturated carbocycles. The first kappa shape index (κ1) is 33.9. The largest absolute Gasteiger partial charge is 0.208 e. The number of fused-ring (bicyclic) bond motifs is 5. The van der Waals surface area contributed by atoms with E-state index in [0.717, 1.165) is 44.0 Å². The van der Waals surface area contributed by atoms with Crippen LogP contribution in [0, 0.1) is 11.3 Å². The number of hydrogen-bond donors (Lipinski definition) is 0. The zero-order valence-corrected chi connectivity index (χ0v) is 33.3. The number of hydrogen-bond acceptors (Lipinski definition) is 5. The van der Waals surface area contributed by atoms with Gasteiger partial charge in [-0.1, -0.05) is 140 Å². The van der Waals surface area contributed by atoms with Crippen LogP contribution < -0.4 is 0 Å². The van der Waals surface area contributed by atoms with Crippen LogP contribution >= 0.6 is 11.3 Å². The van der Waals surface area contributed by atoms with Crippen molar-refractivity contribution >= 4 is 96.1 Å². The van der Waals surface area contributed by atoms with E-state index in [1.807, 2.05) is 30.3 Å². The van der Waals surface area contributed by atoms with Gasteiger partial charge in [0.05, 0.1) is 11.6 Å². The minimum Gasteiger partial charge on any atom is -0.208 e. The van der Waals surface area contributed by atoms with Crippen LogP contribution in [0.3, 0.4) is 0 Å². The molecule has 0 saturated heterocycles. The predicted molar refractivity (Wildman–Crippen MR) is 255 cm³/mol. The van der Waals surface area contributed by atoms with Gasteiger partial charge in [-0.05, 0) is 118 Å². The van der Waals surface area contributed by atoms with Gasteiger partial charge in [0.2, 0.25) is 0 Å². The second kappa shape index (κ2) is 13.0. The lowest BCUT2D eigenvalue weighted by molar-refractivity contribution is 1.08. The molecule has 0 fully saturated rings. The summed E-state index contributed by atoms with van der Waals surface area (Å²) in [6, 6.07) is 67.0. The first-order valence-electron chi connectivity index (χ1n) is 20.4. The summed E-state index contributed by atoms with van der Waals surface area (Å²) in [5.74, 6) is 1.83. The molecule has 0 radical (unpaired) electrons. The zero-order valence-electron chi connectivity index (χ0n) is 32.5. The lowest BCUT2D eigenvalue weighted by Crippen LogP contribution is -2.01. The van der Waals surface area contributed by atoms with Gasteiger partial charge in [0, 0.05) is 36.9 Å². The van der Waals surface area contributed by atoms with Crippen molar-refractivity contribution in [2.24, 2.45) is 0 Å². The summed E-state index contributed by atoms with van der Waals surface area (Å²) in [6.07, 6.45) is 0. The fourth-order valence-corrected chi connectivity index (χ4v) is 10.8. The van der Waals surface area contributed by atoms with Gasteiger partial charge < -0.3 is 0 Å². The molecular weight excluding hydrogens is 761 g/mol. The van der Waals surface area contributed by atoms with E-state index in [-0.39, 0.29) is 0 Å². The number of aromatic nitrogens is 3. The summed E-state index contributed by atoms with van der Waals surface area (Å²) in [4.78, 5) is 16.1. The van der Waals surface area contributed by atoms with E-state index in [9.17, 15) is 5.26 Å². The van der Waals surface area contributed by atoms with Crippen molar-refractivity contribution in [1.82, 2.24) is 15.0 Å². The van der Waals surface area contributed by atoms with Crippen LogP contribution in [0.4, 0.5) is 0 Å². The van der Waals surface area contributed by atoms with Gasteiger partial charge in [-0.3, -0.25) is 0 Å². The smallest absolute Gasteiger partial charge is 0.164 e. The van der Waals surface area contributed by atoms with Crippen LogP contribution in [0.2, 0.25) is 0 Å². The Labute approximate surface area is 353 Å². The molecule has 11 aromatic carbocycles. The molecule has 0 amide bonds. The normalized spacial score (nSPS) is 11.9. The van der Waals surface area contributed by atoms with Crippen LogP contribution in [0.25, 0.3) is 130 Å². The summed E-state index contributed by atoms with van der Waals surface area (Å²) in [7, 11) is 0. The topological polar surface area (TPSA) is 62.5 Å². The number of benzene rings is 10. The average molecular weight is 791 g/mol. The SMILES string of the molecule is N#Cc1ccc(-c2cccc(-c3nc(-c4cc5ccc6cccc7c8cccc9ccc%10cccc(c(c4)c5c67)c%10c98)nc(-c4cccc5sc6ccccc6c45)n3)c2)cc1. The fraction of sp³-hybridized carbons (Fsp3) is 0. The van der Waals surface area contributed by atoms with Crippen LogP contribution in [0.5, 0.6) is 0 Å². The lowest BCUT2D eigenvalue weighted by atomic mass is 9.87. The molecule has 0 aliphatic carbocycles. The van der Waals surface area contributed by atoms with Gasteiger partial charge in [0.15, 0.2) is 17.5 Å². The highest BCUT2D eigenvalue weighted by atomic mass is 32.1. The Morgan fingerprint density at radius 3 is 1.59 bits per heavy atom. The number of nitrogens with zero attached hydrogens (tertiary/aromatic N) is 4. The maximum absolute atomic E-state index is 9.45. The third kappa shape index (κ3) is 5.13. The van der Waals surface area contributed by atoms with Gasteiger partial charge in [-0.2, -0.15) is 5.26 Å². The highest BCUT2D eigenvalue weighted by Crippen LogP contribution is 2.45. The van der Waals surface area contributed by atoms with Crippen molar-refractivity contribution < 1.29 is 0 Å². The Hall–Kier alpha value is -8.04. The molecule has 13 rings (SSSR count). The Bertz CT molecular complexity index is 4000. The molecule has 0 unspecified atom stereocenters. The molecule has 280 valence electrons. The molecule has 0 aliphatic rings. The highest BCUT2D eigenvalue weighted by Gasteiger charge is 2.20. The summed E-state index contributed by atoms with van der Waals surface area (Å²) < 4.78 is 2.42. The molecule has 0 atom stereocenters. The molecule has 2 heterocycles. The number of nitriles is 1. The second-order valence-corrected chi connectivity index (χ2v) is 16.9. The zero-order chi connectivity index (χ0) is 40.2. The van der Waals surface area contributed by atoms with Crippen LogP contribution in [-0.4, -0.2) is 15.0 Å². The van der Waals surface area contributed by atoms with Gasteiger partial charge in [0.25, 0.3) is 0 Å². The quantitative estimate of drug-likeness (QED) is 0.167. The van der Waals surface area contributed by atoms with Gasteiger partial charge in [-0.25, -0.2) is 15.0 Å². The van der Waals surface area contributed by atoms with Crippen LogP contribution in [-0.2, 0) is 0 Å². The molecule has 0 N–H and O–H groups in total. The summed E-state index contributed by atoms with van der Waals surface area (Å²) in [6.45, 7) is 0. The van der Waals surface area contributed by atoms with E-state index in [4.69, 9.17) is 15.0 Å². The maximum atomic E-state index is 9.45. The summed E-state index contributed by atoms with van der Waals surface area (Å²) in [5.41, 5.74) is 5.44. The van der Waals surface area contributed by atoms with Crippen molar-refractivity contribution in [3.63, 3.8) is 0 Å². The predicted octanol–water partition coefficient (Wildman–Crippen LogP) is 15.1. The molecule has 13 aromatic rings. The highest BCUT2D eigenvalue weighted by molar-refractivity contribution is 7.25. The van der Waals surface area contributed by atoms with E-state index < -0.39 is 0 Å². The third-order valence-electron chi connectivity index (χ3n) is 12.4. The molecule has 0 bridgehead atoms. The molecular formula is C56H30N4S. The van der Waals surface area contributed by atoms with Crippen molar-refractivity contribution in [1.29, 1.82) is 5.26 Å². The van der Waals surface area contributed by atoms with Crippen molar-refractivity contribution in [3.05, 3.63) is 188 Å². The molecule has 61 heavy (non-hydrogen) atoms. The molecule has 2 aromatic heterocycles. The Morgan fingerprint density at radius 2 is 0.885 bits per heavy atom. The van der Waals surface area contributed by atoms with Gasteiger partial charge in [-0.15, -0.1) is 11.3 Å². The first-order chi connectivity index (χ1) is 30.2. The minimum atomic E-state index is 0.594. The minimum absolute atomic E-state index is 0.594. The number of rotatable bonds is 4. The fourth-order valence-electron chi connectivity index (χ4n) is 9.70. The molecule has 0 spiro atoms. The van der Waals surface area contributed by atoms with Gasteiger partial charge in [0.1, 0.15) is 0 Å². The van der Waals surface area contributed by atoms with E-state index in [1.54, 1.807) is 11.3 Å². The molecule has 4 nitrogen and oxygen atoms in total. The Morgan fingerprint density at radius 1 is 0.344 bits per heavy atom. The molecule has 5 heteroatoms. The Balaban J connectivity index is 1.13. The first-order valence-corrected chi connectivity index (χ1v) is 21.2. The second-order valence-electron chi connectivity index (χ2n) is 15.8. The van der Waals surface area contributed by atoms with Crippen LogP contribution in [0.15, 0.2) is 182 Å². The van der Waals surface area contributed by atoms with Crippen molar-refractivity contribution in [2.75, 3.05) is 0 Å². The van der Waals surface area contributed by atoms with E-state index in [0.29, 0.717) is 23.0 Å². The van der Waals surface area contributed by atoms with Crippen molar-refractivity contribution in [3.8, 4) is 51.4 Å². The standard InChI is InChI=1S/C56H30N4S/c57-31-32-20-22-33(23-21-32)37-11-3-12-39(28-37)54-58-55(60-56(59-54)45-17-7-19-48-53(45)44-13-1-2-18-47(44)61-48)40-29-38-27-26-36-9-5-15-42-41-14-4-8-34-24-25-35-10-6-16-43(51(35)49(34)41)46(30-40)52(38)50(36)42/h1-30H. The monoisotopic (exact) mass is 790 g/mol. The van der Waals surface area contributed by atoms with Gasteiger partial charge >= 0.3 is 0 Å². The lowest BCUT2D eigenvalue weighted by Gasteiger charge is -2.17.